The Hall–Kier alpha value is -2.62. The van der Waals surface area contributed by atoms with Gasteiger partial charge < -0.3 is 9.84 Å². The average Bonchev–Trinajstić information content (AvgIpc) is 2.55. The molecule has 4 nitrogen and oxygen atoms in total. The first-order valence-corrected chi connectivity index (χ1v) is 7.52. The van der Waals surface area contributed by atoms with Crippen LogP contribution < -0.4 is 4.74 Å². The van der Waals surface area contributed by atoms with Crippen LogP contribution in [-0.2, 0) is 11.2 Å². The highest BCUT2D eigenvalue weighted by molar-refractivity contribution is 6.10. The fourth-order valence-electron chi connectivity index (χ4n) is 2.53. The van der Waals surface area contributed by atoms with Gasteiger partial charge in [0, 0.05) is 17.5 Å². The number of ketones is 1. The number of carboxylic acid groups (broad SMARTS) is 1. The van der Waals surface area contributed by atoms with E-state index in [1.807, 2.05) is 25.1 Å². The Balaban J connectivity index is 2.21. The van der Waals surface area contributed by atoms with Gasteiger partial charge in [-0.25, -0.2) is 0 Å². The zero-order valence-corrected chi connectivity index (χ0v) is 13.3. The minimum atomic E-state index is -0.798. The van der Waals surface area contributed by atoms with Crippen LogP contribution in [0.15, 0.2) is 42.5 Å². The first-order valence-electron chi connectivity index (χ1n) is 7.52. The molecule has 0 amide bonds. The fraction of sp³-hybridized carbons (Fsp3) is 0.263. The van der Waals surface area contributed by atoms with E-state index in [1.54, 1.807) is 31.4 Å². The Morgan fingerprint density at radius 3 is 2.39 bits per heavy atom. The van der Waals surface area contributed by atoms with Crippen molar-refractivity contribution in [3.63, 3.8) is 0 Å². The lowest BCUT2D eigenvalue weighted by Crippen LogP contribution is -2.06. The number of aliphatic carboxylic acids is 1. The predicted molar refractivity (Wildman–Crippen MR) is 88.2 cm³/mol. The van der Waals surface area contributed by atoms with E-state index in [1.165, 1.54) is 0 Å². The van der Waals surface area contributed by atoms with Crippen molar-refractivity contribution in [2.45, 2.75) is 26.2 Å². The lowest BCUT2D eigenvalue weighted by atomic mass is 9.93. The molecule has 2 aromatic rings. The molecule has 0 fully saturated rings. The summed E-state index contributed by atoms with van der Waals surface area (Å²) in [6, 6.07) is 12.6. The van der Waals surface area contributed by atoms with Crippen LogP contribution in [0.4, 0.5) is 0 Å². The summed E-state index contributed by atoms with van der Waals surface area (Å²) < 4.78 is 5.10. The monoisotopic (exact) mass is 312 g/mol. The molecule has 0 radical (unpaired) electrons. The van der Waals surface area contributed by atoms with Crippen LogP contribution >= 0.6 is 0 Å². The molecule has 0 saturated heterocycles. The van der Waals surface area contributed by atoms with Crippen molar-refractivity contribution in [1.29, 1.82) is 0 Å². The molecule has 0 saturated carbocycles. The Labute approximate surface area is 135 Å². The van der Waals surface area contributed by atoms with E-state index in [9.17, 15) is 9.59 Å². The second kappa shape index (κ2) is 7.58. The summed E-state index contributed by atoms with van der Waals surface area (Å²) in [4.78, 5) is 23.3. The van der Waals surface area contributed by atoms with Gasteiger partial charge in [-0.3, -0.25) is 9.59 Å². The number of ether oxygens (including phenoxy) is 1. The van der Waals surface area contributed by atoms with Gasteiger partial charge in [0.25, 0.3) is 0 Å². The number of carbonyl (C=O) groups is 2. The smallest absolute Gasteiger partial charge is 0.303 e. The van der Waals surface area contributed by atoms with Crippen molar-refractivity contribution < 1.29 is 19.4 Å². The number of carboxylic acids is 1. The largest absolute Gasteiger partial charge is 0.497 e. The van der Waals surface area contributed by atoms with E-state index in [0.717, 1.165) is 11.1 Å². The van der Waals surface area contributed by atoms with Crippen molar-refractivity contribution >= 4 is 11.8 Å². The van der Waals surface area contributed by atoms with Crippen LogP contribution in [0.1, 0.15) is 39.9 Å². The molecule has 4 heteroatoms. The van der Waals surface area contributed by atoms with E-state index < -0.39 is 5.97 Å². The molecule has 0 bridgehead atoms. The molecule has 120 valence electrons. The van der Waals surface area contributed by atoms with Crippen LogP contribution in [0.25, 0.3) is 0 Å². The number of methoxy groups -OCH3 is 1. The highest BCUT2D eigenvalue weighted by Crippen LogP contribution is 2.21. The van der Waals surface area contributed by atoms with Crippen LogP contribution in [0.5, 0.6) is 5.75 Å². The van der Waals surface area contributed by atoms with Crippen molar-refractivity contribution in [1.82, 2.24) is 0 Å². The lowest BCUT2D eigenvalue weighted by Gasteiger charge is -2.11. The Kier molecular flexibility index (Phi) is 5.52. The van der Waals surface area contributed by atoms with Crippen LogP contribution in [0, 0.1) is 6.92 Å². The Bertz CT molecular complexity index is 702. The van der Waals surface area contributed by atoms with Crippen LogP contribution in [0.2, 0.25) is 0 Å². The van der Waals surface area contributed by atoms with Gasteiger partial charge in [0.1, 0.15) is 5.75 Å². The van der Waals surface area contributed by atoms with Gasteiger partial charge in [-0.2, -0.15) is 0 Å². The number of hydrogen-bond donors (Lipinski definition) is 1. The van der Waals surface area contributed by atoms with Crippen LogP contribution in [-0.4, -0.2) is 24.0 Å². The van der Waals surface area contributed by atoms with Gasteiger partial charge in [-0.05, 0) is 55.2 Å². The summed E-state index contributed by atoms with van der Waals surface area (Å²) in [5.41, 5.74) is 3.20. The SMILES string of the molecule is COc1ccc(C(=O)c2cccc(CCCC(=O)O)c2C)cc1. The molecule has 0 aliphatic carbocycles. The van der Waals surface area contributed by atoms with E-state index in [4.69, 9.17) is 9.84 Å². The third kappa shape index (κ3) is 4.19. The molecule has 0 aliphatic rings. The summed E-state index contributed by atoms with van der Waals surface area (Å²) in [5.74, 6) is -0.126. The molecule has 2 aromatic carbocycles. The maximum Gasteiger partial charge on any atom is 0.303 e. The van der Waals surface area contributed by atoms with Gasteiger partial charge in [0.05, 0.1) is 7.11 Å². The number of benzene rings is 2. The topological polar surface area (TPSA) is 63.6 Å². The van der Waals surface area contributed by atoms with Crippen LogP contribution in [0.3, 0.4) is 0 Å². The third-order valence-corrected chi connectivity index (χ3v) is 3.88. The summed E-state index contributed by atoms with van der Waals surface area (Å²) in [6.07, 6.45) is 1.36. The molecule has 0 atom stereocenters. The summed E-state index contributed by atoms with van der Waals surface area (Å²) in [6.45, 7) is 1.91. The minimum Gasteiger partial charge on any atom is -0.497 e. The second-order valence-electron chi connectivity index (χ2n) is 5.39. The molecule has 23 heavy (non-hydrogen) atoms. The highest BCUT2D eigenvalue weighted by atomic mass is 16.5. The molecule has 2 rings (SSSR count). The molecule has 1 N–H and O–H groups in total. The second-order valence-corrected chi connectivity index (χ2v) is 5.39. The minimum absolute atomic E-state index is 0.0368. The van der Waals surface area contributed by atoms with Gasteiger partial charge in [-0.1, -0.05) is 18.2 Å². The average molecular weight is 312 g/mol. The van der Waals surface area contributed by atoms with E-state index >= 15 is 0 Å². The van der Waals surface area contributed by atoms with Gasteiger partial charge in [0.15, 0.2) is 5.78 Å². The number of rotatable bonds is 7. The maximum absolute atomic E-state index is 12.7. The van der Waals surface area contributed by atoms with E-state index in [0.29, 0.717) is 29.7 Å². The predicted octanol–water partition coefficient (Wildman–Crippen LogP) is 3.64. The zero-order chi connectivity index (χ0) is 16.8. The van der Waals surface area contributed by atoms with Gasteiger partial charge >= 0.3 is 5.97 Å². The fourth-order valence-corrected chi connectivity index (χ4v) is 2.53. The molecular formula is C19H20O4. The highest BCUT2D eigenvalue weighted by Gasteiger charge is 2.14. The maximum atomic E-state index is 12.7. The Morgan fingerprint density at radius 2 is 1.78 bits per heavy atom. The number of hydrogen-bond acceptors (Lipinski definition) is 3. The van der Waals surface area contributed by atoms with Crippen molar-refractivity contribution in [3.8, 4) is 5.75 Å². The summed E-state index contributed by atoms with van der Waals surface area (Å²) in [7, 11) is 1.58. The molecule has 0 unspecified atom stereocenters. The molecular weight excluding hydrogens is 292 g/mol. The third-order valence-electron chi connectivity index (χ3n) is 3.88. The summed E-state index contributed by atoms with van der Waals surface area (Å²) >= 11 is 0. The normalized spacial score (nSPS) is 10.3. The number of aryl methyl sites for hydroxylation is 1. The molecule has 0 heterocycles. The van der Waals surface area contributed by atoms with Crippen molar-refractivity contribution in [2.75, 3.05) is 7.11 Å². The molecule has 0 spiro atoms. The van der Waals surface area contributed by atoms with E-state index in [-0.39, 0.29) is 12.2 Å². The first-order chi connectivity index (χ1) is 11.0. The standard InChI is InChI=1S/C19H20O4/c1-13-14(6-4-8-18(20)21)5-3-7-17(13)19(22)15-9-11-16(23-2)12-10-15/h3,5,7,9-12H,4,6,8H2,1-2H3,(H,20,21). The lowest BCUT2D eigenvalue weighted by molar-refractivity contribution is -0.137. The molecule has 0 aromatic heterocycles. The molecule has 0 aliphatic heterocycles. The van der Waals surface area contributed by atoms with Gasteiger partial charge in [0.2, 0.25) is 0 Å². The quantitative estimate of drug-likeness (QED) is 0.793. The van der Waals surface area contributed by atoms with Gasteiger partial charge in [-0.15, -0.1) is 0 Å². The number of carbonyl (C=O) groups excluding carboxylic acids is 1. The first kappa shape index (κ1) is 16.7. The summed E-state index contributed by atoms with van der Waals surface area (Å²) in [5, 5.41) is 8.73. The van der Waals surface area contributed by atoms with Crippen molar-refractivity contribution in [2.24, 2.45) is 0 Å². The zero-order valence-electron chi connectivity index (χ0n) is 13.3. The van der Waals surface area contributed by atoms with E-state index in [2.05, 4.69) is 0 Å². The Morgan fingerprint density at radius 1 is 1.09 bits per heavy atom. The van der Waals surface area contributed by atoms with Crippen molar-refractivity contribution in [3.05, 3.63) is 64.7 Å².